The molecule has 1 aromatic heterocycles. The van der Waals surface area contributed by atoms with E-state index in [0.717, 1.165) is 11.1 Å². The van der Waals surface area contributed by atoms with E-state index >= 15 is 0 Å². The van der Waals surface area contributed by atoms with Crippen molar-refractivity contribution in [2.75, 3.05) is 14.2 Å². The molecule has 0 aliphatic heterocycles. The average Bonchev–Trinajstić information content (AvgIpc) is 2.84. The Morgan fingerprint density at radius 2 is 1.79 bits per heavy atom. The van der Waals surface area contributed by atoms with E-state index in [2.05, 4.69) is 15.9 Å². The molecule has 19 heavy (non-hydrogen) atoms. The zero-order chi connectivity index (χ0) is 14.0. The molecule has 0 spiro atoms. The molecule has 0 saturated carbocycles. The quantitative estimate of drug-likeness (QED) is 0.934. The highest BCUT2D eigenvalue weighted by molar-refractivity contribution is 9.10. The van der Waals surface area contributed by atoms with E-state index in [1.54, 1.807) is 32.4 Å². The standard InChI is InChI=1S/C14H15BrO4/c1-8-6-11(17-2)12(18-3)7-9(8)14(16)10-4-5-13(15)19-10/h4-7,14,16H,1-3H3. The van der Waals surface area contributed by atoms with Crippen molar-refractivity contribution in [3.05, 3.63) is 45.8 Å². The Labute approximate surface area is 120 Å². The summed E-state index contributed by atoms with van der Waals surface area (Å²) in [6.45, 7) is 1.90. The van der Waals surface area contributed by atoms with Crippen molar-refractivity contribution in [1.82, 2.24) is 0 Å². The highest BCUT2D eigenvalue weighted by Crippen LogP contribution is 2.35. The maximum Gasteiger partial charge on any atom is 0.169 e. The van der Waals surface area contributed by atoms with Crippen LogP contribution in [0.5, 0.6) is 11.5 Å². The summed E-state index contributed by atoms with van der Waals surface area (Å²) >= 11 is 3.22. The molecule has 0 radical (unpaired) electrons. The predicted octanol–water partition coefficient (Wildman–Crippen LogP) is 3.45. The van der Waals surface area contributed by atoms with Gasteiger partial charge in [0.05, 0.1) is 14.2 Å². The van der Waals surface area contributed by atoms with Crippen LogP contribution in [-0.4, -0.2) is 19.3 Å². The average molecular weight is 327 g/mol. The van der Waals surface area contributed by atoms with E-state index in [1.165, 1.54) is 0 Å². The molecule has 102 valence electrons. The van der Waals surface area contributed by atoms with Crippen molar-refractivity contribution in [2.24, 2.45) is 0 Å². The molecular weight excluding hydrogens is 312 g/mol. The first-order valence-electron chi connectivity index (χ1n) is 5.72. The fraction of sp³-hybridized carbons (Fsp3) is 0.286. The Morgan fingerprint density at radius 3 is 2.32 bits per heavy atom. The first-order chi connectivity index (χ1) is 9.06. The van der Waals surface area contributed by atoms with Gasteiger partial charge in [-0.3, -0.25) is 0 Å². The maximum atomic E-state index is 10.4. The van der Waals surface area contributed by atoms with Gasteiger partial charge in [-0.15, -0.1) is 0 Å². The summed E-state index contributed by atoms with van der Waals surface area (Å²) in [7, 11) is 3.14. The Balaban J connectivity index is 2.44. The van der Waals surface area contributed by atoms with Gasteiger partial charge in [0.2, 0.25) is 0 Å². The smallest absolute Gasteiger partial charge is 0.169 e. The molecule has 1 heterocycles. The molecule has 2 aromatic rings. The Bertz CT molecular complexity index is 577. The molecule has 1 aromatic carbocycles. The van der Waals surface area contributed by atoms with Gasteiger partial charge in [-0.1, -0.05) is 0 Å². The monoisotopic (exact) mass is 326 g/mol. The van der Waals surface area contributed by atoms with Gasteiger partial charge >= 0.3 is 0 Å². The summed E-state index contributed by atoms with van der Waals surface area (Å²) in [5.74, 6) is 1.69. The molecule has 1 atom stereocenters. The molecule has 5 heteroatoms. The number of aliphatic hydroxyl groups is 1. The number of rotatable bonds is 4. The van der Waals surface area contributed by atoms with Gasteiger partial charge in [0.25, 0.3) is 0 Å². The van der Waals surface area contributed by atoms with E-state index in [4.69, 9.17) is 13.9 Å². The fourth-order valence-electron chi connectivity index (χ4n) is 1.92. The van der Waals surface area contributed by atoms with Gasteiger partial charge in [-0.05, 0) is 58.2 Å². The van der Waals surface area contributed by atoms with Crippen molar-refractivity contribution in [1.29, 1.82) is 0 Å². The van der Waals surface area contributed by atoms with Crippen LogP contribution in [0.25, 0.3) is 0 Å². The Morgan fingerprint density at radius 1 is 1.16 bits per heavy atom. The van der Waals surface area contributed by atoms with Crippen molar-refractivity contribution in [2.45, 2.75) is 13.0 Å². The normalized spacial score (nSPS) is 12.3. The molecular formula is C14H15BrO4. The molecule has 0 saturated heterocycles. The lowest BCUT2D eigenvalue weighted by molar-refractivity contribution is 0.186. The highest BCUT2D eigenvalue weighted by atomic mass is 79.9. The lowest BCUT2D eigenvalue weighted by Gasteiger charge is -2.15. The number of aryl methyl sites for hydroxylation is 1. The second-order valence-electron chi connectivity index (χ2n) is 4.11. The van der Waals surface area contributed by atoms with E-state index in [0.29, 0.717) is 21.9 Å². The lowest BCUT2D eigenvalue weighted by atomic mass is 10.0. The van der Waals surface area contributed by atoms with E-state index in [-0.39, 0.29) is 0 Å². The second kappa shape index (κ2) is 5.67. The summed E-state index contributed by atoms with van der Waals surface area (Å²) in [5.41, 5.74) is 1.62. The zero-order valence-electron chi connectivity index (χ0n) is 10.9. The number of hydrogen-bond donors (Lipinski definition) is 1. The summed E-state index contributed by atoms with van der Waals surface area (Å²) < 4.78 is 16.4. The lowest BCUT2D eigenvalue weighted by Crippen LogP contribution is -2.02. The molecule has 2 rings (SSSR count). The minimum Gasteiger partial charge on any atom is -0.493 e. The summed E-state index contributed by atoms with van der Waals surface area (Å²) in [5, 5.41) is 10.4. The maximum absolute atomic E-state index is 10.4. The molecule has 0 aliphatic carbocycles. The third kappa shape index (κ3) is 2.77. The minimum atomic E-state index is -0.842. The van der Waals surface area contributed by atoms with Crippen molar-refractivity contribution >= 4 is 15.9 Å². The van der Waals surface area contributed by atoms with Crippen LogP contribution >= 0.6 is 15.9 Å². The Kier molecular flexibility index (Phi) is 4.17. The van der Waals surface area contributed by atoms with Crippen LogP contribution in [0.1, 0.15) is 23.0 Å². The molecule has 0 amide bonds. The highest BCUT2D eigenvalue weighted by Gasteiger charge is 2.19. The van der Waals surface area contributed by atoms with Gasteiger partial charge in [-0.25, -0.2) is 0 Å². The zero-order valence-corrected chi connectivity index (χ0v) is 12.5. The molecule has 1 unspecified atom stereocenters. The minimum absolute atomic E-state index is 0.474. The van der Waals surface area contributed by atoms with Gasteiger partial charge in [0.1, 0.15) is 11.9 Å². The largest absolute Gasteiger partial charge is 0.493 e. The van der Waals surface area contributed by atoms with E-state index in [9.17, 15) is 5.11 Å². The fourth-order valence-corrected chi connectivity index (χ4v) is 2.24. The number of methoxy groups -OCH3 is 2. The number of benzene rings is 1. The van der Waals surface area contributed by atoms with Gasteiger partial charge in [-0.2, -0.15) is 0 Å². The third-order valence-electron chi connectivity index (χ3n) is 2.93. The van der Waals surface area contributed by atoms with Crippen molar-refractivity contribution in [3.8, 4) is 11.5 Å². The van der Waals surface area contributed by atoms with Crippen LogP contribution in [0.15, 0.2) is 33.4 Å². The third-order valence-corrected chi connectivity index (χ3v) is 3.36. The topological polar surface area (TPSA) is 51.8 Å². The van der Waals surface area contributed by atoms with Crippen LogP contribution in [0.3, 0.4) is 0 Å². The summed E-state index contributed by atoms with van der Waals surface area (Å²) in [4.78, 5) is 0. The van der Waals surface area contributed by atoms with Crippen LogP contribution in [-0.2, 0) is 0 Å². The first-order valence-corrected chi connectivity index (χ1v) is 6.52. The summed E-state index contributed by atoms with van der Waals surface area (Å²) in [6, 6.07) is 7.06. The number of halogens is 1. The molecule has 0 bridgehead atoms. The molecule has 0 fully saturated rings. The molecule has 0 aliphatic rings. The number of furan rings is 1. The number of ether oxygens (including phenoxy) is 2. The second-order valence-corrected chi connectivity index (χ2v) is 4.89. The SMILES string of the molecule is COc1cc(C)c(C(O)c2ccc(Br)o2)cc1OC. The van der Waals surface area contributed by atoms with E-state index in [1.807, 2.05) is 13.0 Å². The number of hydrogen-bond acceptors (Lipinski definition) is 4. The Hall–Kier alpha value is -1.46. The van der Waals surface area contributed by atoms with Crippen molar-refractivity contribution in [3.63, 3.8) is 0 Å². The van der Waals surface area contributed by atoms with Crippen molar-refractivity contribution < 1.29 is 19.0 Å². The van der Waals surface area contributed by atoms with Gasteiger partial charge in [0, 0.05) is 0 Å². The molecule has 4 nitrogen and oxygen atoms in total. The van der Waals surface area contributed by atoms with Crippen LogP contribution in [0, 0.1) is 6.92 Å². The van der Waals surface area contributed by atoms with Gasteiger partial charge < -0.3 is 19.0 Å². The van der Waals surface area contributed by atoms with Crippen LogP contribution in [0.4, 0.5) is 0 Å². The summed E-state index contributed by atoms with van der Waals surface area (Å²) in [6.07, 6.45) is -0.842. The first kappa shape index (κ1) is 14.0. The van der Waals surface area contributed by atoms with Gasteiger partial charge in [0.15, 0.2) is 16.2 Å². The van der Waals surface area contributed by atoms with Crippen LogP contribution in [0.2, 0.25) is 0 Å². The predicted molar refractivity (Wildman–Crippen MR) is 74.8 cm³/mol. The molecule has 1 N–H and O–H groups in total. The van der Waals surface area contributed by atoms with Crippen LogP contribution < -0.4 is 9.47 Å². The van der Waals surface area contributed by atoms with E-state index < -0.39 is 6.10 Å². The number of aliphatic hydroxyl groups excluding tert-OH is 1.